The Labute approximate surface area is 107 Å². The molecule has 0 fully saturated rings. The molecule has 0 aliphatic carbocycles. The number of nitrogens with one attached hydrogen (secondary N) is 1. The molecule has 5 heteroatoms. The van der Waals surface area contributed by atoms with E-state index in [2.05, 4.69) is 22.2 Å². The third kappa shape index (κ3) is 2.22. The van der Waals surface area contributed by atoms with Crippen LogP contribution in [0.2, 0.25) is 0 Å². The molecule has 2 rings (SSSR count). The number of rotatable bonds is 4. The Morgan fingerprint density at radius 2 is 2.28 bits per heavy atom. The number of nitrogen functional groups attached to an aromatic ring is 1. The van der Waals surface area contributed by atoms with Crippen LogP contribution in [0.15, 0.2) is 24.8 Å². The predicted octanol–water partition coefficient (Wildman–Crippen LogP) is 1.40. The predicted molar refractivity (Wildman–Crippen MR) is 72.1 cm³/mol. The molecule has 0 aliphatic rings. The number of aromatic nitrogens is 3. The van der Waals surface area contributed by atoms with Crippen LogP contribution in [0.25, 0.3) is 0 Å². The van der Waals surface area contributed by atoms with Gasteiger partial charge in [0, 0.05) is 18.8 Å². The Morgan fingerprint density at radius 3 is 2.83 bits per heavy atom. The Balaban J connectivity index is 2.52. The van der Waals surface area contributed by atoms with Crippen molar-refractivity contribution < 1.29 is 0 Å². The fourth-order valence-electron chi connectivity index (χ4n) is 2.17. The Hall–Kier alpha value is -1.88. The molecule has 0 saturated carbocycles. The van der Waals surface area contributed by atoms with E-state index in [1.54, 1.807) is 12.5 Å². The van der Waals surface area contributed by atoms with Gasteiger partial charge in [-0.15, -0.1) is 0 Å². The van der Waals surface area contributed by atoms with E-state index < -0.39 is 0 Å². The molecule has 0 aliphatic heterocycles. The number of pyridine rings is 1. The highest BCUT2D eigenvalue weighted by atomic mass is 15.1. The summed E-state index contributed by atoms with van der Waals surface area (Å²) in [5, 5.41) is 3.44. The molecule has 2 aromatic heterocycles. The van der Waals surface area contributed by atoms with Crippen molar-refractivity contribution in [3.8, 4) is 0 Å². The fourth-order valence-corrected chi connectivity index (χ4v) is 2.17. The molecule has 2 aromatic rings. The SMILES string of the molecule is CCNC(c1c(C)ccnc1N)c1cncn1C. The average molecular weight is 245 g/mol. The van der Waals surface area contributed by atoms with Crippen LogP contribution >= 0.6 is 0 Å². The van der Waals surface area contributed by atoms with E-state index in [0.29, 0.717) is 5.82 Å². The Bertz CT molecular complexity index is 512. The van der Waals surface area contributed by atoms with Crippen molar-refractivity contribution >= 4 is 5.82 Å². The normalized spacial score (nSPS) is 12.6. The second-order valence-corrected chi connectivity index (χ2v) is 4.35. The zero-order chi connectivity index (χ0) is 13.1. The molecule has 18 heavy (non-hydrogen) atoms. The van der Waals surface area contributed by atoms with Gasteiger partial charge in [0.2, 0.25) is 0 Å². The van der Waals surface area contributed by atoms with Crippen molar-refractivity contribution in [1.82, 2.24) is 19.9 Å². The zero-order valence-electron chi connectivity index (χ0n) is 11.0. The number of nitrogens with two attached hydrogens (primary N) is 1. The third-order valence-electron chi connectivity index (χ3n) is 3.09. The fraction of sp³-hybridized carbons (Fsp3) is 0.385. The number of nitrogens with zero attached hydrogens (tertiary/aromatic N) is 3. The van der Waals surface area contributed by atoms with Gasteiger partial charge in [-0.25, -0.2) is 9.97 Å². The van der Waals surface area contributed by atoms with Crippen molar-refractivity contribution in [3.05, 3.63) is 41.6 Å². The van der Waals surface area contributed by atoms with E-state index in [4.69, 9.17) is 5.73 Å². The molecule has 1 atom stereocenters. The third-order valence-corrected chi connectivity index (χ3v) is 3.09. The summed E-state index contributed by atoms with van der Waals surface area (Å²) in [4.78, 5) is 8.36. The quantitative estimate of drug-likeness (QED) is 0.854. The summed E-state index contributed by atoms with van der Waals surface area (Å²) in [6.07, 6.45) is 5.39. The highest BCUT2D eigenvalue weighted by Gasteiger charge is 2.20. The second-order valence-electron chi connectivity index (χ2n) is 4.35. The molecule has 0 aromatic carbocycles. The molecule has 5 nitrogen and oxygen atoms in total. The summed E-state index contributed by atoms with van der Waals surface area (Å²) in [5.74, 6) is 0.571. The lowest BCUT2D eigenvalue weighted by atomic mass is 10.00. The van der Waals surface area contributed by atoms with Crippen molar-refractivity contribution in [2.75, 3.05) is 12.3 Å². The van der Waals surface area contributed by atoms with Crippen molar-refractivity contribution in [3.63, 3.8) is 0 Å². The second kappa shape index (κ2) is 5.18. The number of hydrogen-bond acceptors (Lipinski definition) is 4. The Morgan fingerprint density at radius 1 is 1.50 bits per heavy atom. The summed E-state index contributed by atoms with van der Waals surface area (Å²) < 4.78 is 2.00. The lowest BCUT2D eigenvalue weighted by Gasteiger charge is -2.21. The van der Waals surface area contributed by atoms with E-state index in [-0.39, 0.29) is 6.04 Å². The summed E-state index contributed by atoms with van der Waals surface area (Å²) >= 11 is 0. The van der Waals surface area contributed by atoms with Crippen LogP contribution in [0, 0.1) is 6.92 Å². The molecule has 1 unspecified atom stereocenters. The number of imidazole rings is 1. The van der Waals surface area contributed by atoms with Gasteiger partial charge in [-0.1, -0.05) is 6.92 Å². The summed E-state index contributed by atoms with van der Waals surface area (Å²) in [6, 6.07) is 2.00. The van der Waals surface area contributed by atoms with Crippen LogP contribution in [0.1, 0.15) is 29.8 Å². The van der Waals surface area contributed by atoms with Gasteiger partial charge in [-0.2, -0.15) is 0 Å². The van der Waals surface area contributed by atoms with Crippen LogP contribution in [-0.4, -0.2) is 21.1 Å². The lowest BCUT2D eigenvalue weighted by molar-refractivity contribution is 0.591. The van der Waals surface area contributed by atoms with Gasteiger partial charge in [0.05, 0.1) is 24.3 Å². The highest BCUT2D eigenvalue weighted by molar-refractivity contribution is 5.48. The minimum absolute atomic E-state index is 0.0243. The van der Waals surface area contributed by atoms with Crippen LogP contribution in [0.3, 0.4) is 0 Å². The maximum atomic E-state index is 6.03. The Kier molecular flexibility index (Phi) is 3.62. The lowest BCUT2D eigenvalue weighted by Crippen LogP contribution is -2.26. The van der Waals surface area contributed by atoms with Gasteiger partial charge in [-0.3, -0.25) is 0 Å². The molecule has 0 radical (unpaired) electrons. The molecule has 0 bridgehead atoms. The first-order chi connectivity index (χ1) is 8.65. The van der Waals surface area contributed by atoms with Gasteiger partial charge in [0.25, 0.3) is 0 Å². The molecular formula is C13H19N5. The standard InChI is InChI=1S/C13H19N5/c1-4-16-12(10-7-15-8-18(10)3)11-9(2)5-6-17-13(11)14/h5-8,12,16H,4H2,1-3H3,(H2,14,17). The van der Waals surface area contributed by atoms with Crippen LogP contribution in [0.5, 0.6) is 0 Å². The molecule has 0 saturated heterocycles. The largest absolute Gasteiger partial charge is 0.383 e. The summed E-state index contributed by atoms with van der Waals surface area (Å²) in [5.41, 5.74) is 9.28. The molecular weight excluding hydrogens is 226 g/mol. The van der Waals surface area contributed by atoms with Crippen LogP contribution in [-0.2, 0) is 7.05 Å². The van der Waals surface area contributed by atoms with Crippen molar-refractivity contribution in [1.29, 1.82) is 0 Å². The molecule has 0 spiro atoms. The van der Waals surface area contributed by atoms with Gasteiger partial charge in [0.15, 0.2) is 0 Å². The zero-order valence-corrected chi connectivity index (χ0v) is 11.0. The maximum absolute atomic E-state index is 6.03. The average Bonchev–Trinajstić information content (AvgIpc) is 2.74. The molecule has 3 N–H and O–H groups in total. The van der Waals surface area contributed by atoms with Crippen molar-refractivity contribution in [2.45, 2.75) is 19.9 Å². The monoisotopic (exact) mass is 245 g/mol. The topological polar surface area (TPSA) is 68.8 Å². The minimum Gasteiger partial charge on any atom is -0.383 e. The number of hydrogen-bond donors (Lipinski definition) is 2. The minimum atomic E-state index is 0.0243. The first kappa shape index (κ1) is 12.6. The smallest absolute Gasteiger partial charge is 0.128 e. The number of anilines is 1. The van der Waals surface area contributed by atoms with Crippen LogP contribution in [0.4, 0.5) is 5.82 Å². The van der Waals surface area contributed by atoms with Crippen LogP contribution < -0.4 is 11.1 Å². The van der Waals surface area contributed by atoms with Crippen molar-refractivity contribution in [2.24, 2.45) is 7.05 Å². The van der Waals surface area contributed by atoms with E-state index >= 15 is 0 Å². The van der Waals surface area contributed by atoms with Gasteiger partial charge < -0.3 is 15.6 Å². The maximum Gasteiger partial charge on any atom is 0.128 e. The first-order valence-electron chi connectivity index (χ1n) is 6.05. The van der Waals surface area contributed by atoms with Gasteiger partial charge in [0.1, 0.15) is 5.82 Å². The summed E-state index contributed by atoms with van der Waals surface area (Å²) in [6.45, 7) is 4.98. The van der Waals surface area contributed by atoms with E-state index in [1.807, 2.05) is 30.8 Å². The molecule has 2 heterocycles. The van der Waals surface area contributed by atoms with Gasteiger partial charge >= 0.3 is 0 Å². The highest BCUT2D eigenvalue weighted by Crippen LogP contribution is 2.27. The van der Waals surface area contributed by atoms with E-state index in [1.165, 1.54) is 0 Å². The first-order valence-corrected chi connectivity index (χ1v) is 6.05. The number of aryl methyl sites for hydroxylation is 2. The van der Waals surface area contributed by atoms with E-state index in [0.717, 1.165) is 23.4 Å². The van der Waals surface area contributed by atoms with E-state index in [9.17, 15) is 0 Å². The molecule has 0 amide bonds. The van der Waals surface area contributed by atoms with Gasteiger partial charge in [-0.05, 0) is 25.1 Å². The summed E-state index contributed by atoms with van der Waals surface area (Å²) in [7, 11) is 1.98. The molecule has 96 valence electrons.